The Morgan fingerprint density at radius 1 is 1.36 bits per heavy atom. The predicted octanol–water partition coefficient (Wildman–Crippen LogP) is 2.11. The van der Waals surface area contributed by atoms with Crippen LogP contribution in [-0.4, -0.2) is 20.9 Å². The van der Waals surface area contributed by atoms with Gasteiger partial charge in [-0.1, -0.05) is 19.1 Å². The van der Waals surface area contributed by atoms with Crippen LogP contribution in [0.2, 0.25) is 0 Å². The van der Waals surface area contributed by atoms with Crippen LogP contribution in [0.15, 0.2) is 35.1 Å². The Kier molecular flexibility index (Phi) is 3.79. The number of hydrogen-bond acceptors (Lipinski definition) is 3. The molecule has 3 rings (SSSR count). The second kappa shape index (κ2) is 5.75. The first-order valence-corrected chi connectivity index (χ1v) is 7.45. The molecule has 22 heavy (non-hydrogen) atoms. The first-order valence-electron chi connectivity index (χ1n) is 7.45. The fourth-order valence-corrected chi connectivity index (χ4v) is 2.85. The molecule has 0 unspecified atom stereocenters. The first kappa shape index (κ1) is 14.5. The van der Waals surface area contributed by atoms with Crippen molar-refractivity contribution in [3.05, 3.63) is 63.1 Å². The molecule has 0 saturated heterocycles. The third kappa shape index (κ3) is 2.93. The summed E-state index contributed by atoms with van der Waals surface area (Å²) in [5.41, 5.74) is 3.09. The Morgan fingerprint density at radius 3 is 2.77 bits per heavy atom. The molecule has 1 atom stereocenters. The first-order chi connectivity index (χ1) is 10.5. The van der Waals surface area contributed by atoms with E-state index in [9.17, 15) is 9.59 Å². The summed E-state index contributed by atoms with van der Waals surface area (Å²) in [6.07, 6.45) is 2.94. The molecule has 1 aromatic carbocycles. The van der Waals surface area contributed by atoms with E-state index in [1.165, 1.54) is 4.68 Å². The molecule has 0 radical (unpaired) electrons. The third-order valence-electron chi connectivity index (χ3n) is 4.14. The van der Waals surface area contributed by atoms with Crippen molar-refractivity contribution in [2.75, 3.05) is 0 Å². The number of aromatic carboxylic acids is 1. The fraction of sp³-hybridized carbons (Fsp3) is 0.353. The lowest BCUT2D eigenvalue weighted by Crippen LogP contribution is -2.28. The summed E-state index contributed by atoms with van der Waals surface area (Å²) in [5, 5.41) is 13.4. The molecule has 1 aliphatic carbocycles. The topological polar surface area (TPSA) is 72.2 Å². The summed E-state index contributed by atoms with van der Waals surface area (Å²) < 4.78 is 1.46. The van der Waals surface area contributed by atoms with Gasteiger partial charge in [0.1, 0.15) is 0 Å². The molecule has 2 aromatic rings. The highest BCUT2D eigenvalue weighted by Crippen LogP contribution is 2.22. The molecule has 0 fully saturated rings. The maximum absolute atomic E-state index is 12.2. The molecule has 0 saturated carbocycles. The van der Waals surface area contributed by atoms with Crippen LogP contribution >= 0.6 is 0 Å². The average Bonchev–Trinajstić information content (AvgIpc) is 2.49. The number of benzene rings is 1. The van der Waals surface area contributed by atoms with Crippen molar-refractivity contribution in [2.24, 2.45) is 5.92 Å². The number of nitrogens with zero attached hydrogens (tertiary/aromatic N) is 2. The SMILES string of the molecule is C[C@H]1CCc2nn(Cc3ccc(C(=O)O)cc3)c(=O)cc2C1. The lowest BCUT2D eigenvalue weighted by molar-refractivity contribution is 0.0697. The lowest BCUT2D eigenvalue weighted by Gasteiger charge is -2.21. The van der Waals surface area contributed by atoms with Gasteiger partial charge in [0.2, 0.25) is 0 Å². The van der Waals surface area contributed by atoms with E-state index < -0.39 is 5.97 Å². The zero-order chi connectivity index (χ0) is 15.7. The molecule has 0 bridgehead atoms. The molecule has 0 aliphatic heterocycles. The van der Waals surface area contributed by atoms with E-state index >= 15 is 0 Å². The number of rotatable bonds is 3. The largest absolute Gasteiger partial charge is 0.478 e. The Balaban J connectivity index is 1.86. The highest BCUT2D eigenvalue weighted by atomic mass is 16.4. The molecule has 1 N–H and O–H groups in total. The molecular formula is C17H18N2O3. The minimum absolute atomic E-state index is 0.102. The molecule has 1 aromatic heterocycles. The minimum Gasteiger partial charge on any atom is -0.478 e. The number of aryl methyl sites for hydroxylation is 1. The molecule has 1 heterocycles. The quantitative estimate of drug-likeness (QED) is 0.942. The van der Waals surface area contributed by atoms with Gasteiger partial charge in [-0.15, -0.1) is 0 Å². The fourth-order valence-electron chi connectivity index (χ4n) is 2.85. The van der Waals surface area contributed by atoms with E-state index in [0.717, 1.165) is 36.1 Å². The van der Waals surface area contributed by atoms with Gasteiger partial charge in [0, 0.05) is 6.07 Å². The highest BCUT2D eigenvalue weighted by Gasteiger charge is 2.18. The van der Waals surface area contributed by atoms with Gasteiger partial charge in [0.25, 0.3) is 5.56 Å². The number of aromatic nitrogens is 2. The highest BCUT2D eigenvalue weighted by molar-refractivity contribution is 5.87. The van der Waals surface area contributed by atoms with E-state index in [1.807, 2.05) is 0 Å². The number of carboxylic acids is 1. The van der Waals surface area contributed by atoms with Gasteiger partial charge < -0.3 is 5.11 Å². The van der Waals surface area contributed by atoms with E-state index in [1.54, 1.807) is 30.3 Å². The molecule has 0 amide bonds. The Bertz CT molecular complexity index is 762. The van der Waals surface area contributed by atoms with Gasteiger partial charge >= 0.3 is 5.97 Å². The van der Waals surface area contributed by atoms with Gasteiger partial charge in [-0.25, -0.2) is 9.48 Å². The maximum Gasteiger partial charge on any atom is 0.335 e. The molecule has 0 spiro atoms. The monoisotopic (exact) mass is 298 g/mol. The van der Waals surface area contributed by atoms with Crippen LogP contribution in [0, 0.1) is 5.92 Å². The van der Waals surface area contributed by atoms with Crippen molar-refractivity contribution in [3.8, 4) is 0 Å². The van der Waals surface area contributed by atoms with Crippen molar-refractivity contribution in [1.29, 1.82) is 0 Å². The zero-order valence-corrected chi connectivity index (χ0v) is 12.5. The number of fused-ring (bicyclic) bond motifs is 1. The third-order valence-corrected chi connectivity index (χ3v) is 4.14. The van der Waals surface area contributed by atoms with Crippen molar-refractivity contribution >= 4 is 5.97 Å². The number of carbonyl (C=O) groups is 1. The maximum atomic E-state index is 12.2. The van der Waals surface area contributed by atoms with Gasteiger partial charge in [-0.05, 0) is 48.4 Å². The van der Waals surface area contributed by atoms with Crippen molar-refractivity contribution in [1.82, 2.24) is 9.78 Å². The molecule has 5 nitrogen and oxygen atoms in total. The summed E-state index contributed by atoms with van der Waals surface area (Å²) in [7, 11) is 0. The van der Waals surface area contributed by atoms with Crippen molar-refractivity contribution in [2.45, 2.75) is 32.7 Å². The van der Waals surface area contributed by atoms with Crippen LogP contribution in [0.5, 0.6) is 0 Å². The molecule has 5 heteroatoms. The Morgan fingerprint density at radius 2 is 2.09 bits per heavy atom. The van der Waals surface area contributed by atoms with Crippen LogP contribution in [0.4, 0.5) is 0 Å². The van der Waals surface area contributed by atoms with Gasteiger partial charge in [0.05, 0.1) is 17.8 Å². The van der Waals surface area contributed by atoms with Gasteiger partial charge in [0.15, 0.2) is 0 Å². The normalized spacial score (nSPS) is 17.0. The summed E-state index contributed by atoms with van der Waals surface area (Å²) in [4.78, 5) is 23.0. The summed E-state index contributed by atoms with van der Waals surface area (Å²) >= 11 is 0. The standard InChI is InChI=1S/C17H18N2O3/c1-11-2-7-15-14(8-11)9-16(20)19(18-15)10-12-3-5-13(6-4-12)17(21)22/h3-6,9,11H,2,7-8,10H2,1H3,(H,21,22)/t11-/m0/s1. The predicted molar refractivity (Wildman–Crippen MR) is 82.2 cm³/mol. The van der Waals surface area contributed by atoms with Crippen LogP contribution in [0.25, 0.3) is 0 Å². The van der Waals surface area contributed by atoms with E-state index in [-0.39, 0.29) is 11.1 Å². The summed E-state index contributed by atoms with van der Waals surface area (Å²) in [6, 6.07) is 8.23. The van der Waals surface area contributed by atoms with Crippen LogP contribution in [0.1, 0.15) is 40.5 Å². The van der Waals surface area contributed by atoms with Crippen LogP contribution in [-0.2, 0) is 19.4 Å². The minimum atomic E-state index is -0.954. The van der Waals surface area contributed by atoms with Crippen LogP contribution < -0.4 is 5.56 Å². The number of hydrogen-bond donors (Lipinski definition) is 1. The van der Waals surface area contributed by atoms with Crippen molar-refractivity contribution in [3.63, 3.8) is 0 Å². The van der Waals surface area contributed by atoms with E-state index in [0.29, 0.717) is 12.5 Å². The van der Waals surface area contributed by atoms with E-state index in [4.69, 9.17) is 5.11 Å². The molecular weight excluding hydrogens is 280 g/mol. The second-order valence-corrected chi connectivity index (χ2v) is 5.96. The molecule has 114 valence electrons. The number of carboxylic acid groups (broad SMARTS) is 1. The Hall–Kier alpha value is -2.43. The lowest BCUT2D eigenvalue weighted by atomic mass is 9.88. The summed E-state index contributed by atoms with van der Waals surface area (Å²) in [5.74, 6) is -0.349. The van der Waals surface area contributed by atoms with Gasteiger partial charge in [-0.3, -0.25) is 4.79 Å². The zero-order valence-electron chi connectivity index (χ0n) is 12.5. The van der Waals surface area contributed by atoms with E-state index in [2.05, 4.69) is 12.0 Å². The smallest absolute Gasteiger partial charge is 0.335 e. The van der Waals surface area contributed by atoms with Crippen molar-refractivity contribution < 1.29 is 9.90 Å². The molecule has 1 aliphatic rings. The second-order valence-electron chi connectivity index (χ2n) is 5.96. The summed E-state index contributed by atoms with van der Waals surface area (Å²) in [6.45, 7) is 2.56. The van der Waals surface area contributed by atoms with Gasteiger partial charge in [-0.2, -0.15) is 5.10 Å². The van der Waals surface area contributed by atoms with Crippen LogP contribution in [0.3, 0.4) is 0 Å². The average molecular weight is 298 g/mol. The Labute approximate surface area is 128 Å².